The molecule has 1 aliphatic heterocycles. The Hall–Kier alpha value is -3.93. The van der Waals surface area contributed by atoms with Gasteiger partial charge in [-0.2, -0.15) is 4.31 Å². The van der Waals surface area contributed by atoms with Crippen molar-refractivity contribution >= 4 is 33.3 Å². The number of aryl methyl sites for hydroxylation is 1. The summed E-state index contributed by atoms with van der Waals surface area (Å²) in [5.41, 5.74) is 2.13. The van der Waals surface area contributed by atoms with E-state index in [1.807, 2.05) is 19.9 Å². The van der Waals surface area contributed by atoms with Crippen molar-refractivity contribution < 1.29 is 27.9 Å². The number of para-hydroxylation sites is 1. The molecule has 4 rings (SSSR count). The zero-order valence-corrected chi connectivity index (χ0v) is 24.4. The lowest BCUT2D eigenvalue weighted by Gasteiger charge is -2.38. The van der Waals surface area contributed by atoms with Crippen LogP contribution >= 0.6 is 0 Å². The Morgan fingerprint density at radius 2 is 1.73 bits per heavy atom. The predicted octanol–water partition coefficient (Wildman–Crippen LogP) is 4.18. The molecule has 218 valence electrons. The molecule has 0 saturated heterocycles. The van der Waals surface area contributed by atoms with Gasteiger partial charge in [0.05, 0.1) is 29.7 Å². The fourth-order valence-corrected chi connectivity index (χ4v) is 5.76. The minimum atomic E-state index is -3.79. The zero-order valence-electron chi connectivity index (χ0n) is 23.6. The highest BCUT2D eigenvalue weighted by molar-refractivity contribution is 7.89. The Balaban J connectivity index is 1.61. The summed E-state index contributed by atoms with van der Waals surface area (Å²) in [6.45, 7) is 5.53. The Kier molecular flexibility index (Phi) is 9.31. The van der Waals surface area contributed by atoms with Crippen LogP contribution in [0.2, 0.25) is 0 Å². The van der Waals surface area contributed by atoms with E-state index in [2.05, 4.69) is 10.6 Å². The maximum Gasteiger partial charge on any atom is 0.323 e. The van der Waals surface area contributed by atoms with E-state index in [1.54, 1.807) is 72.5 Å². The van der Waals surface area contributed by atoms with E-state index < -0.39 is 28.2 Å². The minimum absolute atomic E-state index is 0.0336. The molecule has 3 atom stereocenters. The highest BCUT2D eigenvalue weighted by Crippen LogP contribution is 2.31. The number of benzene rings is 3. The lowest BCUT2D eigenvalue weighted by atomic mass is 9.99. The molecule has 0 spiro atoms. The molecule has 3 N–H and O–H groups in total. The summed E-state index contributed by atoms with van der Waals surface area (Å²) in [6, 6.07) is 19.3. The summed E-state index contributed by atoms with van der Waals surface area (Å²) in [5, 5.41) is 15.4. The first-order valence-corrected chi connectivity index (χ1v) is 14.8. The molecular formula is C30H36N4O6S. The van der Waals surface area contributed by atoms with E-state index in [9.17, 15) is 23.1 Å². The smallest absolute Gasteiger partial charge is 0.323 e. The number of urea groups is 1. The van der Waals surface area contributed by atoms with Crippen LogP contribution in [0.4, 0.5) is 16.2 Å². The summed E-state index contributed by atoms with van der Waals surface area (Å²) in [7, 11) is -2.29. The topological polar surface area (TPSA) is 128 Å². The monoisotopic (exact) mass is 580 g/mol. The average molecular weight is 581 g/mol. The number of aliphatic hydroxyl groups excluding tert-OH is 1. The summed E-state index contributed by atoms with van der Waals surface area (Å²) in [4.78, 5) is 28.0. The van der Waals surface area contributed by atoms with Crippen molar-refractivity contribution in [1.29, 1.82) is 0 Å². The van der Waals surface area contributed by atoms with Gasteiger partial charge in [-0.05, 0) is 56.3 Å². The van der Waals surface area contributed by atoms with Gasteiger partial charge < -0.3 is 25.4 Å². The third kappa shape index (κ3) is 7.05. The number of ether oxygens (including phenoxy) is 1. The number of nitrogens with zero attached hydrogens (tertiary/aromatic N) is 2. The SMILES string of the molecule is Cc1ccc(S(=O)(=O)N(C)C[C@H]2Oc3ccc(NC(=O)Nc4ccccc4)cc3C(=O)N([C@H](C)CO)C[C@@H]2C)cc1. The van der Waals surface area contributed by atoms with E-state index in [4.69, 9.17) is 4.74 Å². The summed E-state index contributed by atoms with van der Waals surface area (Å²) in [5.74, 6) is -0.373. The number of likely N-dealkylation sites (N-methyl/N-ethyl adjacent to an activating group) is 1. The van der Waals surface area contributed by atoms with Gasteiger partial charge in [0, 0.05) is 30.9 Å². The third-order valence-electron chi connectivity index (χ3n) is 7.12. The van der Waals surface area contributed by atoms with Crippen molar-refractivity contribution in [3.05, 3.63) is 83.9 Å². The molecule has 3 aromatic rings. The molecule has 10 nitrogen and oxygen atoms in total. The summed E-state index contributed by atoms with van der Waals surface area (Å²) < 4.78 is 34.2. The van der Waals surface area contributed by atoms with E-state index >= 15 is 0 Å². The van der Waals surface area contributed by atoms with Gasteiger partial charge in [0.2, 0.25) is 10.0 Å². The van der Waals surface area contributed by atoms with Crippen LogP contribution in [0.3, 0.4) is 0 Å². The van der Waals surface area contributed by atoms with Crippen molar-refractivity contribution in [2.24, 2.45) is 5.92 Å². The van der Waals surface area contributed by atoms with Crippen LogP contribution in [0.5, 0.6) is 5.75 Å². The number of hydrogen-bond acceptors (Lipinski definition) is 6. The van der Waals surface area contributed by atoms with Gasteiger partial charge in [0.25, 0.3) is 5.91 Å². The van der Waals surface area contributed by atoms with Crippen LogP contribution in [-0.4, -0.2) is 73.6 Å². The van der Waals surface area contributed by atoms with Crippen molar-refractivity contribution in [2.45, 2.75) is 37.8 Å². The molecule has 0 saturated carbocycles. The second-order valence-electron chi connectivity index (χ2n) is 10.4. The largest absolute Gasteiger partial charge is 0.488 e. The molecule has 0 aromatic heterocycles. The van der Waals surface area contributed by atoms with Gasteiger partial charge in [-0.15, -0.1) is 0 Å². The Bertz CT molecular complexity index is 1480. The van der Waals surface area contributed by atoms with Crippen molar-refractivity contribution in [3.63, 3.8) is 0 Å². The predicted molar refractivity (Wildman–Crippen MR) is 158 cm³/mol. The molecule has 11 heteroatoms. The number of anilines is 2. The number of rotatable bonds is 8. The van der Waals surface area contributed by atoms with Gasteiger partial charge in [0.1, 0.15) is 11.9 Å². The minimum Gasteiger partial charge on any atom is -0.488 e. The second kappa shape index (κ2) is 12.7. The molecule has 1 aliphatic rings. The number of nitrogens with one attached hydrogen (secondary N) is 2. The van der Waals surface area contributed by atoms with Gasteiger partial charge in [-0.25, -0.2) is 13.2 Å². The van der Waals surface area contributed by atoms with Crippen LogP contribution in [-0.2, 0) is 10.0 Å². The molecule has 0 unspecified atom stereocenters. The van der Waals surface area contributed by atoms with Crippen LogP contribution < -0.4 is 15.4 Å². The fourth-order valence-electron chi connectivity index (χ4n) is 4.57. The molecule has 41 heavy (non-hydrogen) atoms. The first-order chi connectivity index (χ1) is 19.5. The van der Waals surface area contributed by atoms with Crippen LogP contribution in [0.1, 0.15) is 29.8 Å². The van der Waals surface area contributed by atoms with Crippen molar-refractivity contribution in [2.75, 3.05) is 37.4 Å². The molecule has 3 amide bonds. The lowest BCUT2D eigenvalue weighted by molar-refractivity contribution is 0.0387. The molecule has 0 radical (unpaired) electrons. The van der Waals surface area contributed by atoms with E-state index in [0.717, 1.165) is 5.56 Å². The molecule has 0 bridgehead atoms. The number of carbonyl (C=O) groups is 2. The highest BCUT2D eigenvalue weighted by atomic mass is 32.2. The highest BCUT2D eigenvalue weighted by Gasteiger charge is 2.35. The normalized spacial score (nSPS) is 18.1. The number of aliphatic hydroxyl groups is 1. The Labute approximate surface area is 241 Å². The van der Waals surface area contributed by atoms with Gasteiger partial charge >= 0.3 is 6.03 Å². The maximum atomic E-state index is 13.7. The standard InChI is InChI=1S/C30H36N4O6S/c1-20-10-13-25(14-11-20)41(38,39)33(4)18-28-21(2)17-34(22(3)19-35)29(36)26-16-24(12-15-27(26)40-28)32-30(37)31-23-8-6-5-7-9-23/h5-16,21-22,28,35H,17-19H2,1-4H3,(H2,31,32,37)/t21-,22+,28+/m0/s1. The Morgan fingerprint density at radius 3 is 2.39 bits per heavy atom. The summed E-state index contributed by atoms with van der Waals surface area (Å²) in [6.07, 6.45) is -0.611. The van der Waals surface area contributed by atoms with E-state index in [-0.39, 0.29) is 47.7 Å². The molecular weight excluding hydrogens is 544 g/mol. The maximum absolute atomic E-state index is 13.7. The number of sulfonamides is 1. The van der Waals surface area contributed by atoms with E-state index in [1.165, 1.54) is 17.4 Å². The quantitative estimate of drug-likeness (QED) is 0.367. The van der Waals surface area contributed by atoms with Crippen LogP contribution in [0.15, 0.2) is 77.7 Å². The molecule has 0 aliphatic carbocycles. The summed E-state index contributed by atoms with van der Waals surface area (Å²) >= 11 is 0. The van der Waals surface area contributed by atoms with E-state index in [0.29, 0.717) is 11.4 Å². The molecule has 1 heterocycles. The second-order valence-corrected chi connectivity index (χ2v) is 12.4. The van der Waals surface area contributed by atoms with Crippen molar-refractivity contribution in [1.82, 2.24) is 9.21 Å². The van der Waals surface area contributed by atoms with Gasteiger partial charge in [-0.1, -0.05) is 42.8 Å². The number of carbonyl (C=O) groups excluding carboxylic acids is 2. The first kappa shape index (κ1) is 30.0. The lowest BCUT2D eigenvalue weighted by Crippen LogP contribution is -2.50. The number of hydrogen-bond donors (Lipinski definition) is 3. The van der Waals surface area contributed by atoms with Crippen LogP contribution in [0, 0.1) is 12.8 Å². The van der Waals surface area contributed by atoms with Gasteiger partial charge in [-0.3, -0.25) is 4.79 Å². The van der Waals surface area contributed by atoms with Gasteiger partial charge in [0.15, 0.2) is 0 Å². The average Bonchev–Trinajstić information content (AvgIpc) is 2.95. The zero-order chi connectivity index (χ0) is 29.7. The molecule has 0 fully saturated rings. The van der Waals surface area contributed by atoms with Crippen LogP contribution in [0.25, 0.3) is 0 Å². The first-order valence-electron chi connectivity index (χ1n) is 13.4. The third-order valence-corrected chi connectivity index (χ3v) is 8.96. The Morgan fingerprint density at radius 1 is 1.07 bits per heavy atom. The van der Waals surface area contributed by atoms with Crippen molar-refractivity contribution in [3.8, 4) is 5.75 Å². The number of amides is 3. The molecule has 3 aromatic carbocycles. The fraction of sp³-hybridized carbons (Fsp3) is 0.333. The number of fused-ring (bicyclic) bond motifs is 1.